The van der Waals surface area contributed by atoms with E-state index in [4.69, 9.17) is 28.7 Å². The lowest BCUT2D eigenvalue weighted by Crippen LogP contribution is -2.60. The first-order valence-electron chi connectivity index (χ1n) is 22.9. The van der Waals surface area contributed by atoms with E-state index in [9.17, 15) is 43.2 Å². The van der Waals surface area contributed by atoms with Crippen molar-refractivity contribution < 1.29 is 43.2 Å². The summed E-state index contributed by atoms with van der Waals surface area (Å²) in [5, 5.41) is 18.5. The molecule has 8 atom stereocenters. The molecule has 0 aliphatic rings. The van der Waals surface area contributed by atoms with Gasteiger partial charge in [0.05, 0.1) is 12.1 Å². The topological polar surface area (TPSA) is 380 Å². The van der Waals surface area contributed by atoms with Crippen LogP contribution in [0.5, 0.6) is 0 Å². The molecule has 0 fully saturated rings. The van der Waals surface area contributed by atoms with Gasteiger partial charge in [0, 0.05) is 19.4 Å². The fourth-order valence-electron chi connectivity index (χ4n) is 6.63. The number of primary amides is 1. The lowest BCUT2D eigenvalue weighted by Gasteiger charge is -2.28. The number of rotatable bonds is 32. The minimum Gasteiger partial charge on any atom is -0.370 e. The normalized spacial score (nSPS) is 14.7. The number of nitrogens with one attached hydrogen (secondary N) is 7. The zero-order valence-corrected chi connectivity index (χ0v) is 40.1. The van der Waals surface area contributed by atoms with Crippen LogP contribution in [0.2, 0.25) is 0 Å². The van der Waals surface area contributed by atoms with E-state index in [1.807, 2.05) is 13.8 Å². The van der Waals surface area contributed by atoms with E-state index in [2.05, 4.69) is 42.2 Å². The van der Waals surface area contributed by atoms with Gasteiger partial charge in [-0.15, -0.1) is 0 Å². The molecule has 22 nitrogen and oxygen atoms in total. The van der Waals surface area contributed by atoms with Crippen molar-refractivity contribution in [2.75, 3.05) is 13.1 Å². The first-order valence-corrected chi connectivity index (χ1v) is 22.9. The highest BCUT2D eigenvalue weighted by molar-refractivity contribution is 5.97. The Morgan fingerprint density at radius 1 is 0.597 bits per heavy atom. The zero-order valence-electron chi connectivity index (χ0n) is 40.1. The number of nitrogens with zero attached hydrogens (tertiary/aromatic N) is 1. The number of carbonyl (C=O) groups excluding carboxylic acids is 9. The van der Waals surface area contributed by atoms with Crippen LogP contribution in [0.3, 0.4) is 0 Å². The van der Waals surface area contributed by atoms with Gasteiger partial charge in [-0.3, -0.25) is 43.3 Å². The van der Waals surface area contributed by atoms with Gasteiger partial charge >= 0.3 is 0 Å². The minimum atomic E-state index is -1.41. The Kier molecular flexibility index (Phi) is 27.2. The first-order chi connectivity index (χ1) is 31.5. The number of amides is 8. The standard InChI is InChI=1S/C45H77N13O9/c1-25(2)22-33(56-40(63)31(17-11-12-20-46)55-43(66)36(48)26(3)4)42(65)54-32(18-19-35(47)60)39(62)52-28(7)38(61)58-37(27(5)6)44(67)57-34(23-29-14-9-8-10-15-29)41(64)53-30(24-59)16-13-21-51-45(49)50/h8-10,14-15,24-28,30-34,36-37H,11-13,16-23,46,48H2,1-7H3,(H2,47,60)(H,52,62)(H,53,64)(H,54,65)(H,55,66)(H,56,63)(H,57,67)(H,58,61)(H4,49,50,51)/t28-,30-,31-,32-,33-,34-,36-,37-/m0/s1. The van der Waals surface area contributed by atoms with Gasteiger partial charge in [-0.2, -0.15) is 0 Å². The summed E-state index contributed by atoms with van der Waals surface area (Å²) in [6.07, 6.45) is 2.04. The highest BCUT2D eigenvalue weighted by Gasteiger charge is 2.34. The van der Waals surface area contributed by atoms with Crippen molar-refractivity contribution in [2.24, 2.45) is 51.4 Å². The summed E-state index contributed by atoms with van der Waals surface area (Å²) in [4.78, 5) is 123. The van der Waals surface area contributed by atoms with E-state index < -0.39 is 102 Å². The lowest BCUT2D eigenvalue weighted by atomic mass is 10.00. The van der Waals surface area contributed by atoms with Crippen molar-refractivity contribution >= 4 is 59.5 Å². The average Bonchev–Trinajstić information content (AvgIpc) is 3.26. The number of aliphatic imine (C=N–C) groups is 1. The Morgan fingerprint density at radius 3 is 1.70 bits per heavy atom. The summed E-state index contributed by atoms with van der Waals surface area (Å²) in [6, 6.07) is -0.284. The molecular formula is C45H77N13O9. The summed E-state index contributed by atoms with van der Waals surface area (Å²) in [6.45, 7) is 12.4. The molecule has 67 heavy (non-hydrogen) atoms. The monoisotopic (exact) mass is 944 g/mol. The van der Waals surface area contributed by atoms with Crippen molar-refractivity contribution in [3.05, 3.63) is 35.9 Å². The lowest BCUT2D eigenvalue weighted by molar-refractivity contribution is -0.136. The predicted octanol–water partition coefficient (Wildman–Crippen LogP) is -2.03. The zero-order chi connectivity index (χ0) is 50.8. The fourth-order valence-corrected chi connectivity index (χ4v) is 6.63. The van der Waals surface area contributed by atoms with Crippen LogP contribution >= 0.6 is 0 Å². The van der Waals surface area contributed by atoms with Gasteiger partial charge in [0.25, 0.3) is 0 Å². The number of unbranched alkanes of at least 4 members (excludes halogenated alkanes) is 1. The quantitative estimate of drug-likeness (QED) is 0.0161. The molecule has 376 valence electrons. The fraction of sp³-hybridized carbons (Fsp3) is 0.644. The summed E-state index contributed by atoms with van der Waals surface area (Å²) in [5.41, 5.74) is 28.5. The predicted molar refractivity (Wildman–Crippen MR) is 254 cm³/mol. The number of guanidine groups is 1. The molecule has 0 saturated heterocycles. The van der Waals surface area contributed by atoms with Gasteiger partial charge in [-0.1, -0.05) is 71.9 Å². The highest BCUT2D eigenvalue weighted by Crippen LogP contribution is 2.12. The molecule has 0 aromatic heterocycles. The van der Waals surface area contributed by atoms with Crippen LogP contribution < -0.4 is 65.9 Å². The number of hydrogen-bond acceptors (Lipinski definition) is 12. The van der Waals surface area contributed by atoms with Gasteiger partial charge < -0.3 is 70.7 Å². The van der Waals surface area contributed by atoms with Gasteiger partial charge in [0.15, 0.2) is 5.96 Å². The van der Waals surface area contributed by atoms with Gasteiger partial charge in [0.1, 0.15) is 42.5 Å². The molecule has 1 aromatic rings. The van der Waals surface area contributed by atoms with Crippen LogP contribution in [-0.2, 0) is 49.6 Å². The van der Waals surface area contributed by atoms with Crippen molar-refractivity contribution in [1.29, 1.82) is 0 Å². The average molecular weight is 944 g/mol. The Balaban J connectivity index is 3.26. The van der Waals surface area contributed by atoms with Crippen LogP contribution in [-0.4, -0.2) is 121 Å². The molecule has 0 aliphatic heterocycles. The van der Waals surface area contributed by atoms with Crippen molar-refractivity contribution in [1.82, 2.24) is 37.2 Å². The largest absolute Gasteiger partial charge is 0.370 e. The molecule has 0 aliphatic carbocycles. The summed E-state index contributed by atoms with van der Waals surface area (Å²) < 4.78 is 0. The minimum absolute atomic E-state index is 0.0439. The third-order valence-electron chi connectivity index (χ3n) is 10.6. The molecule has 8 amide bonds. The van der Waals surface area contributed by atoms with E-state index >= 15 is 0 Å². The van der Waals surface area contributed by atoms with Crippen molar-refractivity contribution in [3.8, 4) is 0 Å². The van der Waals surface area contributed by atoms with E-state index in [-0.39, 0.29) is 62.9 Å². The second kappa shape index (κ2) is 30.9. The number of nitrogens with two attached hydrogens (primary N) is 5. The van der Waals surface area contributed by atoms with E-state index in [1.165, 1.54) is 6.92 Å². The van der Waals surface area contributed by atoms with E-state index in [0.717, 1.165) is 0 Å². The van der Waals surface area contributed by atoms with Crippen molar-refractivity contribution in [2.45, 2.75) is 155 Å². The Labute approximate surface area is 394 Å². The van der Waals surface area contributed by atoms with Crippen LogP contribution in [0, 0.1) is 17.8 Å². The second-order valence-corrected chi connectivity index (χ2v) is 17.8. The maximum absolute atomic E-state index is 13.9. The molecule has 22 heteroatoms. The summed E-state index contributed by atoms with van der Waals surface area (Å²) in [7, 11) is 0. The molecule has 1 rings (SSSR count). The van der Waals surface area contributed by atoms with Crippen LogP contribution in [0.1, 0.15) is 105 Å². The van der Waals surface area contributed by atoms with Gasteiger partial charge in [-0.25, -0.2) is 0 Å². The molecular weight excluding hydrogens is 867 g/mol. The van der Waals surface area contributed by atoms with Gasteiger partial charge in [-0.05, 0) is 81.7 Å². The Bertz CT molecular complexity index is 1810. The number of hydrogen-bond donors (Lipinski definition) is 12. The van der Waals surface area contributed by atoms with E-state index in [1.54, 1.807) is 58.0 Å². The molecule has 0 saturated carbocycles. The second-order valence-electron chi connectivity index (χ2n) is 17.8. The smallest absolute Gasteiger partial charge is 0.243 e. The molecule has 0 unspecified atom stereocenters. The van der Waals surface area contributed by atoms with Gasteiger partial charge in [0.2, 0.25) is 47.3 Å². The number of aldehydes is 1. The third-order valence-corrected chi connectivity index (χ3v) is 10.6. The Morgan fingerprint density at radius 2 is 1.15 bits per heavy atom. The summed E-state index contributed by atoms with van der Waals surface area (Å²) in [5.74, 6) is -6.74. The maximum Gasteiger partial charge on any atom is 0.243 e. The molecule has 0 spiro atoms. The molecule has 0 heterocycles. The van der Waals surface area contributed by atoms with Crippen LogP contribution in [0.15, 0.2) is 35.3 Å². The molecule has 0 bridgehead atoms. The molecule has 17 N–H and O–H groups in total. The van der Waals surface area contributed by atoms with E-state index in [0.29, 0.717) is 37.7 Å². The molecule has 0 radical (unpaired) electrons. The summed E-state index contributed by atoms with van der Waals surface area (Å²) >= 11 is 0. The number of carbonyl (C=O) groups is 9. The molecule has 1 aromatic carbocycles. The van der Waals surface area contributed by atoms with Crippen molar-refractivity contribution in [3.63, 3.8) is 0 Å². The number of benzene rings is 1. The third kappa shape index (κ3) is 23.2. The maximum atomic E-state index is 13.9. The SMILES string of the molecule is CC(C)C[C@H](NC(=O)[C@H](CCCCN)NC(=O)[C@@H](N)C(C)C)C(=O)N[C@@H](CCC(N)=O)C(=O)N[C@@H](C)C(=O)N[C@H](C(=O)N[C@@H](Cc1ccccc1)C(=O)N[C@H](C=O)CCCN=C(N)N)C(C)C. The first kappa shape index (κ1) is 58.9. The highest BCUT2D eigenvalue weighted by atomic mass is 16.2. The van der Waals surface area contributed by atoms with Crippen LogP contribution in [0.4, 0.5) is 0 Å². The Hall–Kier alpha value is -6.16. The van der Waals surface area contributed by atoms with Crippen LogP contribution in [0.25, 0.3) is 0 Å².